The molecule has 12 nitrogen and oxygen atoms in total. The van der Waals surface area contributed by atoms with Gasteiger partial charge in [0.25, 0.3) is 11.6 Å². The molecule has 0 radical (unpaired) electrons. The lowest BCUT2D eigenvalue weighted by Crippen LogP contribution is -2.58. The Morgan fingerprint density at radius 1 is 1.24 bits per heavy atom. The van der Waals surface area contributed by atoms with Gasteiger partial charge < -0.3 is 14.7 Å². The van der Waals surface area contributed by atoms with Crippen LogP contribution < -0.4 is 14.5 Å². The maximum absolute atomic E-state index is 13.3. The van der Waals surface area contributed by atoms with Crippen LogP contribution >= 0.6 is 0 Å². The van der Waals surface area contributed by atoms with E-state index in [9.17, 15) is 34.4 Å². The molecule has 1 atom stereocenters. The molecule has 0 aromatic heterocycles. The third-order valence-corrected chi connectivity index (χ3v) is 5.97. The molecule has 2 aliphatic heterocycles. The molecular weight excluding hydrogens is 448 g/mol. The lowest BCUT2D eigenvalue weighted by atomic mass is 10.0. The molecule has 2 heterocycles. The van der Waals surface area contributed by atoms with Crippen molar-refractivity contribution in [3.63, 3.8) is 0 Å². The van der Waals surface area contributed by atoms with Crippen molar-refractivity contribution in [2.75, 3.05) is 30.0 Å². The summed E-state index contributed by atoms with van der Waals surface area (Å²) in [6.45, 7) is 0.585. The van der Waals surface area contributed by atoms with Crippen LogP contribution in [0.3, 0.4) is 0 Å². The number of hydrogen-bond acceptors (Lipinski definition) is 7. The van der Waals surface area contributed by atoms with E-state index in [4.69, 9.17) is 4.74 Å². The predicted molar refractivity (Wildman–Crippen MR) is 118 cm³/mol. The molecule has 0 spiro atoms. The van der Waals surface area contributed by atoms with Gasteiger partial charge in [0.15, 0.2) is 12.5 Å². The third kappa shape index (κ3) is 3.78. The molecule has 0 aliphatic carbocycles. The Balaban J connectivity index is 1.71. The number of amides is 4. The number of likely N-dealkylation sites (N-methyl/N-ethyl adjacent to an activating group) is 1. The second-order valence-corrected chi connectivity index (χ2v) is 7.92. The highest BCUT2D eigenvalue weighted by atomic mass is 16.6. The molecule has 4 rings (SSSR count). The molecule has 1 fully saturated rings. The summed E-state index contributed by atoms with van der Waals surface area (Å²) in [6, 6.07) is 8.11. The van der Waals surface area contributed by atoms with Crippen LogP contribution in [-0.2, 0) is 20.9 Å². The highest BCUT2D eigenvalue weighted by Crippen LogP contribution is 2.36. The highest BCUT2D eigenvalue weighted by molar-refractivity contribution is 6.12. The van der Waals surface area contributed by atoms with Crippen LogP contribution in [0.25, 0.3) is 0 Å². The molecule has 2 aliphatic rings. The summed E-state index contributed by atoms with van der Waals surface area (Å²) in [6.07, 6.45) is 0. The molecule has 176 valence electrons. The molecule has 1 N–H and O–H groups in total. The maximum Gasteiger partial charge on any atom is 0.331 e. The lowest BCUT2D eigenvalue weighted by Gasteiger charge is -2.37. The van der Waals surface area contributed by atoms with Crippen molar-refractivity contribution in [2.24, 2.45) is 5.92 Å². The molecule has 34 heavy (non-hydrogen) atoms. The van der Waals surface area contributed by atoms with Gasteiger partial charge in [-0.3, -0.25) is 34.3 Å². The van der Waals surface area contributed by atoms with Crippen molar-refractivity contribution in [1.82, 2.24) is 4.90 Å². The predicted octanol–water partition coefficient (Wildman–Crippen LogP) is 1.93. The van der Waals surface area contributed by atoms with Gasteiger partial charge >= 0.3 is 12.0 Å². The van der Waals surface area contributed by atoms with Crippen molar-refractivity contribution < 1.29 is 33.9 Å². The van der Waals surface area contributed by atoms with Crippen molar-refractivity contribution >= 4 is 40.9 Å². The zero-order chi connectivity index (χ0) is 24.7. The van der Waals surface area contributed by atoms with E-state index in [1.165, 1.54) is 42.2 Å². The summed E-state index contributed by atoms with van der Waals surface area (Å²) < 4.78 is 5.45. The molecule has 0 saturated carbocycles. The number of hydrogen-bond donors (Lipinski definition) is 1. The normalized spacial score (nSPS) is 18.0. The zero-order valence-electron chi connectivity index (χ0n) is 18.3. The fourth-order valence-corrected chi connectivity index (χ4v) is 3.96. The largest absolute Gasteiger partial charge is 0.481 e. The number of benzene rings is 2. The number of carbonyl (C=O) groups is 4. The van der Waals surface area contributed by atoms with Crippen LogP contribution in [0.2, 0.25) is 0 Å². The monoisotopic (exact) mass is 468 g/mol. The van der Waals surface area contributed by atoms with Gasteiger partial charge in [-0.05, 0) is 24.6 Å². The molecule has 12 heteroatoms. The number of carbonyl (C=O) groups excluding carboxylic acids is 3. The Morgan fingerprint density at radius 2 is 1.97 bits per heavy atom. The van der Waals surface area contributed by atoms with Crippen LogP contribution in [0.4, 0.5) is 21.9 Å². The number of ether oxygens (including phenoxy) is 1. The van der Waals surface area contributed by atoms with Gasteiger partial charge in [0.2, 0.25) is 5.91 Å². The van der Waals surface area contributed by atoms with E-state index >= 15 is 0 Å². The standard InChI is InChI=1S/C22H20N4O8/c1-12-13(4-3-5-16(12)26(32)33)9-25-20(28)15(21(29)30)10-24(22(25)31)14-6-7-17-18(8-14)34-11-19(27)23(17)2/h3-8,15H,9-11H2,1-2H3,(H,29,30). The Labute approximate surface area is 193 Å². The molecular formula is C22H20N4O8. The van der Waals surface area contributed by atoms with E-state index in [-0.39, 0.29) is 36.0 Å². The Hall–Kier alpha value is -4.48. The first-order valence-electron chi connectivity index (χ1n) is 10.2. The number of nitrogens with zero attached hydrogens (tertiary/aromatic N) is 4. The number of carboxylic acid groups (broad SMARTS) is 1. The van der Waals surface area contributed by atoms with E-state index in [1.807, 2.05) is 0 Å². The topological polar surface area (TPSA) is 151 Å². The second-order valence-electron chi connectivity index (χ2n) is 7.92. The molecule has 1 saturated heterocycles. The molecule has 1 unspecified atom stereocenters. The number of nitro groups is 1. The SMILES string of the molecule is Cc1c(CN2C(=O)C(C(=O)O)CN(c3ccc4c(c3)OCC(=O)N4C)C2=O)cccc1[N+](=O)[O-]. The zero-order valence-corrected chi connectivity index (χ0v) is 18.3. The number of rotatable bonds is 5. The van der Waals surface area contributed by atoms with Gasteiger partial charge in [0, 0.05) is 37.0 Å². The van der Waals surface area contributed by atoms with E-state index in [0.29, 0.717) is 17.0 Å². The van der Waals surface area contributed by atoms with Gasteiger partial charge in [-0.2, -0.15) is 0 Å². The number of nitro benzene ring substituents is 1. The van der Waals surface area contributed by atoms with Crippen LogP contribution in [0.1, 0.15) is 11.1 Å². The summed E-state index contributed by atoms with van der Waals surface area (Å²) in [4.78, 5) is 63.9. The fourth-order valence-electron chi connectivity index (χ4n) is 3.96. The number of anilines is 2. The van der Waals surface area contributed by atoms with Gasteiger partial charge in [0.05, 0.1) is 17.2 Å². The first-order chi connectivity index (χ1) is 16.1. The van der Waals surface area contributed by atoms with Crippen LogP contribution in [-0.4, -0.2) is 58.9 Å². The number of fused-ring (bicyclic) bond motifs is 1. The van der Waals surface area contributed by atoms with Crippen LogP contribution in [0, 0.1) is 23.0 Å². The average molecular weight is 468 g/mol. The van der Waals surface area contributed by atoms with Gasteiger partial charge in [-0.15, -0.1) is 0 Å². The summed E-state index contributed by atoms with van der Waals surface area (Å²) in [5.41, 5.74) is 1.21. The average Bonchev–Trinajstić information content (AvgIpc) is 2.79. The smallest absolute Gasteiger partial charge is 0.331 e. The maximum atomic E-state index is 13.3. The molecule has 0 bridgehead atoms. The quantitative estimate of drug-likeness (QED) is 0.397. The number of imide groups is 1. The minimum absolute atomic E-state index is 0.174. The number of carboxylic acids is 1. The van der Waals surface area contributed by atoms with Crippen LogP contribution in [0.5, 0.6) is 5.75 Å². The van der Waals surface area contributed by atoms with Gasteiger partial charge in [-0.25, -0.2) is 4.79 Å². The number of aliphatic carboxylic acids is 1. The first-order valence-corrected chi connectivity index (χ1v) is 10.2. The number of urea groups is 1. The summed E-state index contributed by atoms with van der Waals surface area (Å²) in [5, 5.41) is 20.9. The van der Waals surface area contributed by atoms with Crippen LogP contribution in [0.15, 0.2) is 36.4 Å². The van der Waals surface area contributed by atoms with Gasteiger partial charge in [0.1, 0.15) is 5.75 Å². The second kappa shape index (κ2) is 8.46. The van der Waals surface area contributed by atoms with E-state index in [1.54, 1.807) is 13.1 Å². The Kier molecular flexibility index (Phi) is 5.65. The van der Waals surface area contributed by atoms with E-state index in [2.05, 4.69) is 0 Å². The summed E-state index contributed by atoms with van der Waals surface area (Å²) in [5.74, 6) is -3.75. The first kappa shape index (κ1) is 22.7. The Bertz CT molecular complexity index is 1240. The van der Waals surface area contributed by atoms with Crippen molar-refractivity contribution in [2.45, 2.75) is 13.5 Å². The van der Waals surface area contributed by atoms with E-state index < -0.39 is 35.3 Å². The third-order valence-electron chi connectivity index (χ3n) is 5.97. The Morgan fingerprint density at radius 3 is 2.65 bits per heavy atom. The molecule has 4 amide bonds. The van der Waals surface area contributed by atoms with E-state index in [0.717, 1.165) is 9.80 Å². The van der Waals surface area contributed by atoms with Crippen molar-refractivity contribution in [1.29, 1.82) is 0 Å². The minimum atomic E-state index is -1.53. The molecule has 2 aromatic carbocycles. The van der Waals surface area contributed by atoms with Gasteiger partial charge in [-0.1, -0.05) is 12.1 Å². The van der Waals surface area contributed by atoms with Crippen molar-refractivity contribution in [3.8, 4) is 5.75 Å². The fraction of sp³-hybridized carbons (Fsp3) is 0.273. The summed E-state index contributed by atoms with van der Waals surface area (Å²) >= 11 is 0. The summed E-state index contributed by atoms with van der Waals surface area (Å²) in [7, 11) is 1.58. The molecule has 2 aromatic rings. The minimum Gasteiger partial charge on any atom is -0.481 e. The lowest BCUT2D eigenvalue weighted by molar-refractivity contribution is -0.385. The van der Waals surface area contributed by atoms with Crippen molar-refractivity contribution in [3.05, 3.63) is 57.6 Å². The highest BCUT2D eigenvalue weighted by Gasteiger charge is 2.44.